The minimum Gasteiger partial charge on any atom is -0.439 e. The number of nitrogens with zero attached hydrogens (tertiary/aromatic N) is 1. The molecule has 0 amide bonds. The first-order valence-corrected chi connectivity index (χ1v) is 7.58. The molecule has 5 heteroatoms. The Morgan fingerprint density at radius 3 is 2.67 bits per heavy atom. The van der Waals surface area contributed by atoms with Crippen molar-refractivity contribution in [3.63, 3.8) is 0 Å². The van der Waals surface area contributed by atoms with Gasteiger partial charge in [-0.1, -0.05) is 19.9 Å². The van der Waals surface area contributed by atoms with E-state index in [0.717, 1.165) is 17.8 Å². The molecule has 0 aliphatic heterocycles. The largest absolute Gasteiger partial charge is 0.439 e. The topological polar surface area (TPSA) is 34.1 Å². The van der Waals surface area contributed by atoms with E-state index in [1.165, 1.54) is 6.07 Å². The number of hydrogen-bond donors (Lipinski definition) is 1. The van der Waals surface area contributed by atoms with Crippen LogP contribution in [0.2, 0.25) is 0 Å². The maximum Gasteiger partial charge on any atom is 0.219 e. The molecule has 0 aliphatic rings. The van der Waals surface area contributed by atoms with Crippen LogP contribution in [0.3, 0.4) is 0 Å². The third kappa shape index (κ3) is 4.51. The predicted octanol–water partition coefficient (Wildman–Crippen LogP) is 4.58. The highest BCUT2D eigenvalue weighted by Gasteiger charge is 2.06. The van der Waals surface area contributed by atoms with E-state index in [9.17, 15) is 4.39 Å². The fourth-order valence-electron chi connectivity index (χ4n) is 1.79. The van der Waals surface area contributed by atoms with Gasteiger partial charge in [-0.2, -0.15) is 0 Å². The van der Waals surface area contributed by atoms with E-state index in [1.54, 1.807) is 12.1 Å². The van der Waals surface area contributed by atoms with E-state index in [-0.39, 0.29) is 5.82 Å². The van der Waals surface area contributed by atoms with Gasteiger partial charge >= 0.3 is 0 Å². The monoisotopic (exact) mass is 352 g/mol. The van der Waals surface area contributed by atoms with Crippen molar-refractivity contribution in [1.29, 1.82) is 0 Å². The molecule has 0 spiro atoms. The Balaban J connectivity index is 2.10. The lowest BCUT2D eigenvalue weighted by atomic mass is 10.2. The molecule has 2 aromatic rings. The number of hydrogen-bond acceptors (Lipinski definition) is 3. The highest BCUT2D eigenvalue weighted by molar-refractivity contribution is 9.10. The number of ether oxygens (including phenoxy) is 1. The van der Waals surface area contributed by atoms with Crippen molar-refractivity contribution in [1.82, 2.24) is 10.3 Å². The average molecular weight is 353 g/mol. The average Bonchev–Trinajstić information content (AvgIpc) is 2.42. The summed E-state index contributed by atoms with van der Waals surface area (Å²) >= 11 is 3.14. The van der Waals surface area contributed by atoms with Crippen molar-refractivity contribution in [3.05, 3.63) is 51.9 Å². The van der Waals surface area contributed by atoms with Gasteiger partial charge in [0.15, 0.2) is 0 Å². The van der Waals surface area contributed by atoms with Gasteiger partial charge in [-0.25, -0.2) is 9.37 Å². The molecule has 0 radical (unpaired) electrons. The Labute approximate surface area is 132 Å². The molecule has 1 N–H and O–H groups in total. The molecular formula is C16H18BrFN2O. The summed E-state index contributed by atoms with van der Waals surface area (Å²) in [4.78, 5) is 4.43. The molecule has 0 aliphatic carbocycles. The first-order valence-electron chi connectivity index (χ1n) is 6.78. The van der Waals surface area contributed by atoms with Crippen LogP contribution in [-0.2, 0) is 6.54 Å². The van der Waals surface area contributed by atoms with Crippen molar-refractivity contribution in [3.8, 4) is 11.6 Å². The van der Waals surface area contributed by atoms with Gasteiger partial charge in [-0.05, 0) is 46.6 Å². The summed E-state index contributed by atoms with van der Waals surface area (Å²) in [5.74, 6) is 0.726. The normalized spacial score (nSPS) is 11.0. The molecule has 3 nitrogen and oxygen atoms in total. The molecular weight excluding hydrogens is 335 g/mol. The van der Waals surface area contributed by atoms with Gasteiger partial charge in [0.2, 0.25) is 5.88 Å². The third-order valence-corrected chi connectivity index (χ3v) is 3.59. The molecule has 0 saturated carbocycles. The maximum atomic E-state index is 13.2. The van der Waals surface area contributed by atoms with Crippen molar-refractivity contribution in [2.75, 3.05) is 0 Å². The SMILES string of the molecule is Cc1nc(Oc2ccc(F)c(Br)c2)ccc1CNC(C)C. The zero-order valence-electron chi connectivity index (χ0n) is 12.3. The maximum absolute atomic E-state index is 13.2. The standard InChI is InChI=1S/C16H18BrFN2O/c1-10(2)19-9-12-4-7-16(20-11(12)3)21-13-5-6-15(18)14(17)8-13/h4-8,10,19H,9H2,1-3H3. The number of pyridine rings is 1. The summed E-state index contributed by atoms with van der Waals surface area (Å²) in [6.07, 6.45) is 0. The van der Waals surface area contributed by atoms with Crippen LogP contribution in [0.15, 0.2) is 34.8 Å². The van der Waals surface area contributed by atoms with Crippen LogP contribution in [0.25, 0.3) is 0 Å². The van der Waals surface area contributed by atoms with Crippen molar-refractivity contribution in [2.45, 2.75) is 33.4 Å². The molecule has 1 heterocycles. The van der Waals surface area contributed by atoms with Gasteiger partial charge in [0, 0.05) is 24.3 Å². The van der Waals surface area contributed by atoms with Crippen molar-refractivity contribution >= 4 is 15.9 Å². The van der Waals surface area contributed by atoms with E-state index in [0.29, 0.717) is 22.1 Å². The minimum absolute atomic E-state index is 0.318. The van der Waals surface area contributed by atoms with Gasteiger partial charge in [-0.15, -0.1) is 0 Å². The summed E-state index contributed by atoms with van der Waals surface area (Å²) in [6, 6.07) is 8.75. The third-order valence-electron chi connectivity index (χ3n) is 2.98. The molecule has 0 saturated heterocycles. The second kappa shape index (κ2) is 7.00. The fourth-order valence-corrected chi connectivity index (χ4v) is 2.14. The quantitative estimate of drug-likeness (QED) is 0.854. The Kier molecular flexibility index (Phi) is 5.31. The van der Waals surface area contributed by atoms with Crippen LogP contribution in [0, 0.1) is 12.7 Å². The molecule has 0 bridgehead atoms. The zero-order valence-corrected chi connectivity index (χ0v) is 13.9. The van der Waals surface area contributed by atoms with Crippen molar-refractivity contribution < 1.29 is 9.13 Å². The number of nitrogens with one attached hydrogen (secondary N) is 1. The lowest BCUT2D eigenvalue weighted by molar-refractivity contribution is 0.458. The van der Waals surface area contributed by atoms with Gasteiger partial charge < -0.3 is 10.1 Å². The number of aryl methyl sites for hydroxylation is 1. The summed E-state index contributed by atoms with van der Waals surface area (Å²) in [6.45, 7) is 6.93. The first-order chi connectivity index (χ1) is 9.95. The van der Waals surface area contributed by atoms with E-state index in [2.05, 4.69) is 40.1 Å². The predicted molar refractivity (Wildman–Crippen MR) is 85.1 cm³/mol. The summed E-state index contributed by atoms with van der Waals surface area (Å²) in [5.41, 5.74) is 2.05. The number of benzene rings is 1. The Morgan fingerprint density at radius 2 is 2.05 bits per heavy atom. The van der Waals surface area contributed by atoms with Gasteiger partial charge in [0.1, 0.15) is 11.6 Å². The highest BCUT2D eigenvalue weighted by atomic mass is 79.9. The van der Waals surface area contributed by atoms with Gasteiger partial charge in [0.05, 0.1) is 4.47 Å². The van der Waals surface area contributed by atoms with Crippen LogP contribution in [0.1, 0.15) is 25.1 Å². The second-order valence-corrected chi connectivity index (χ2v) is 5.96. The van der Waals surface area contributed by atoms with E-state index in [1.807, 2.05) is 19.1 Å². The molecule has 0 fully saturated rings. The fraction of sp³-hybridized carbons (Fsp3) is 0.312. The van der Waals surface area contributed by atoms with E-state index in [4.69, 9.17) is 4.74 Å². The molecule has 0 unspecified atom stereocenters. The summed E-state index contributed by atoms with van der Waals surface area (Å²) in [7, 11) is 0. The van der Waals surface area contributed by atoms with Crippen LogP contribution in [0.5, 0.6) is 11.6 Å². The minimum atomic E-state index is -0.318. The van der Waals surface area contributed by atoms with Crippen LogP contribution >= 0.6 is 15.9 Å². The van der Waals surface area contributed by atoms with Crippen LogP contribution in [-0.4, -0.2) is 11.0 Å². The number of rotatable bonds is 5. The first kappa shape index (κ1) is 15.9. The number of halogens is 2. The smallest absolute Gasteiger partial charge is 0.219 e. The lowest BCUT2D eigenvalue weighted by Gasteiger charge is -2.11. The lowest BCUT2D eigenvalue weighted by Crippen LogP contribution is -2.22. The Hall–Kier alpha value is -1.46. The van der Waals surface area contributed by atoms with Crippen LogP contribution < -0.4 is 10.1 Å². The molecule has 1 aromatic heterocycles. The molecule has 112 valence electrons. The molecule has 0 atom stereocenters. The van der Waals surface area contributed by atoms with Gasteiger partial charge in [0.25, 0.3) is 0 Å². The van der Waals surface area contributed by atoms with Gasteiger partial charge in [-0.3, -0.25) is 0 Å². The molecule has 2 rings (SSSR count). The Bertz CT molecular complexity index is 632. The van der Waals surface area contributed by atoms with E-state index < -0.39 is 0 Å². The van der Waals surface area contributed by atoms with Crippen molar-refractivity contribution in [2.24, 2.45) is 0 Å². The second-order valence-electron chi connectivity index (χ2n) is 5.11. The summed E-state index contributed by atoms with van der Waals surface area (Å²) < 4.78 is 19.2. The molecule has 21 heavy (non-hydrogen) atoms. The van der Waals surface area contributed by atoms with Crippen LogP contribution in [0.4, 0.5) is 4.39 Å². The summed E-state index contributed by atoms with van der Waals surface area (Å²) in [5, 5.41) is 3.36. The molecule has 1 aromatic carbocycles. The highest BCUT2D eigenvalue weighted by Crippen LogP contribution is 2.26. The zero-order chi connectivity index (χ0) is 15.4. The number of aromatic nitrogens is 1. The Morgan fingerprint density at radius 1 is 1.29 bits per heavy atom. The van der Waals surface area contributed by atoms with E-state index >= 15 is 0 Å².